The van der Waals surface area contributed by atoms with E-state index >= 15 is 0 Å². The molecule has 1 saturated carbocycles. The zero-order valence-corrected chi connectivity index (χ0v) is 11.1. The molecule has 0 aromatic carbocycles. The maximum Gasteiger partial charge on any atom is 0.0441 e. The second-order valence-electron chi connectivity index (χ2n) is 4.86. The maximum atomic E-state index is 11.2. The number of hydrogen-bond donors (Lipinski definition) is 1. The van der Waals surface area contributed by atoms with Crippen molar-refractivity contribution in [3.63, 3.8) is 0 Å². The van der Waals surface area contributed by atoms with E-state index in [1.807, 2.05) is 0 Å². The van der Waals surface area contributed by atoms with E-state index in [0.717, 1.165) is 12.5 Å². The third kappa shape index (κ3) is 4.64. The Hall–Kier alpha value is 0.110. The Morgan fingerprint density at radius 1 is 1.47 bits per heavy atom. The molecule has 0 aliphatic heterocycles. The number of hydrogen-bond acceptors (Lipinski definition) is 2. The lowest BCUT2D eigenvalue weighted by Crippen LogP contribution is -2.38. The van der Waals surface area contributed by atoms with E-state index in [2.05, 4.69) is 19.2 Å². The predicted octanol–water partition coefficient (Wildman–Crippen LogP) is 2.31. The van der Waals surface area contributed by atoms with Crippen molar-refractivity contribution in [1.29, 1.82) is 0 Å². The van der Waals surface area contributed by atoms with Gasteiger partial charge in [-0.05, 0) is 25.7 Å². The van der Waals surface area contributed by atoms with E-state index in [9.17, 15) is 4.21 Å². The van der Waals surface area contributed by atoms with Crippen molar-refractivity contribution < 1.29 is 4.21 Å². The molecule has 0 heterocycles. The summed E-state index contributed by atoms with van der Waals surface area (Å²) in [6, 6.07) is 0.676. The fourth-order valence-electron chi connectivity index (χ4n) is 2.30. The van der Waals surface area contributed by atoms with Gasteiger partial charge in [0.05, 0.1) is 0 Å². The molecule has 1 aliphatic rings. The highest BCUT2D eigenvalue weighted by molar-refractivity contribution is 7.84. The first-order valence-electron chi connectivity index (χ1n) is 6.19. The fourth-order valence-corrected chi connectivity index (χ4v) is 2.63. The molecule has 2 nitrogen and oxygen atoms in total. The van der Waals surface area contributed by atoms with Gasteiger partial charge in [0, 0.05) is 34.9 Å². The third-order valence-electron chi connectivity index (χ3n) is 3.62. The zero-order valence-electron chi connectivity index (χ0n) is 10.3. The van der Waals surface area contributed by atoms with Crippen molar-refractivity contribution in [2.75, 3.05) is 12.8 Å². The smallest absolute Gasteiger partial charge is 0.0441 e. The molecular weight excluding hydrogens is 206 g/mol. The maximum absolute atomic E-state index is 11.2. The summed E-state index contributed by atoms with van der Waals surface area (Å²) in [6.45, 7) is 5.25. The first-order valence-corrected chi connectivity index (χ1v) is 7.81. The Labute approximate surface area is 96.7 Å². The van der Waals surface area contributed by atoms with Crippen molar-refractivity contribution in [1.82, 2.24) is 5.32 Å². The summed E-state index contributed by atoms with van der Waals surface area (Å²) in [5.74, 6) is 0.915. The molecule has 0 aromatic rings. The molecule has 0 amide bonds. The normalized spacial score (nSPS) is 31.1. The van der Waals surface area contributed by atoms with Gasteiger partial charge in [-0.3, -0.25) is 4.21 Å². The van der Waals surface area contributed by atoms with Gasteiger partial charge >= 0.3 is 0 Å². The van der Waals surface area contributed by atoms with E-state index in [1.165, 1.54) is 32.1 Å². The van der Waals surface area contributed by atoms with Gasteiger partial charge in [-0.25, -0.2) is 0 Å². The summed E-state index contributed by atoms with van der Waals surface area (Å²) in [5.41, 5.74) is 0. The van der Waals surface area contributed by atoms with Gasteiger partial charge in [-0.1, -0.05) is 26.2 Å². The van der Waals surface area contributed by atoms with Crippen LogP contribution in [0.2, 0.25) is 0 Å². The minimum absolute atomic E-state index is 0.284. The molecule has 90 valence electrons. The second kappa shape index (κ2) is 6.64. The van der Waals surface area contributed by atoms with Crippen LogP contribution < -0.4 is 5.32 Å². The minimum atomic E-state index is -0.688. The predicted molar refractivity (Wildman–Crippen MR) is 67.6 cm³/mol. The summed E-state index contributed by atoms with van der Waals surface area (Å²) >= 11 is 0. The van der Waals surface area contributed by atoms with E-state index in [-0.39, 0.29) is 5.25 Å². The van der Waals surface area contributed by atoms with Crippen molar-refractivity contribution in [2.45, 2.75) is 57.2 Å². The molecule has 3 heteroatoms. The van der Waals surface area contributed by atoms with Crippen LogP contribution in [0.3, 0.4) is 0 Å². The molecule has 0 spiro atoms. The lowest BCUT2D eigenvalue weighted by atomic mass is 9.84. The van der Waals surface area contributed by atoms with E-state index in [1.54, 1.807) is 6.26 Å². The summed E-state index contributed by atoms with van der Waals surface area (Å²) in [4.78, 5) is 0. The van der Waals surface area contributed by atoms with Gasteiger partial charge in [-0.15, -0.1) is 0 Å². The molecule has 0 aromatic heterocycles. The van der Waals surface area contributed by atoms with Crippen LogP contribution in [0, 0.1) is 5.92 Å². The van der Waals surface area contributed by atoms with Crippen molar-refractivity contribution >= 4 is 10.8 Å². The molecular formula is C12H25NOS. The fraction of sp³-hybridized carbons (Fsp3) is 1.00. The molecule has 4 unspecified atom stereocenters. The first kappa shape index (κ1) is 13.2. The highest BCUT2D eigenvalue weighted by atomic mass is 32.2. The van der Waals surface area contributed by atoms with Gasteiger partial charge in [0.25, 0.3) is 0 Å². The summed E-state index contributed by atoms with van der Waals surface area (Å²) in [6.07, 6.45) is 8.50. The van der Waals surface area contributed by atoms with Crippen molar-refractivity contribution in [3.8, 4) is 0 Å². The average Bonchev–Trinajstić information content (AvgIpc) is 2.26. The van der Waals surface area contributed by atoms with Gasteiger partial charge < -0.3 is 5.32 Å². The summed E-state index contributed by atoms with van der Waals surface area (Å²) < 4.78 is 11.2. The Bertz CT molecular complexity index is 208. The Balaban J connectivity index is 2.23. The molecule has 0 bridgehead atoms. The standard InChI is InChI=1S/C12H25NOS/c1-4-11-6-5-7-12(8-11)13-9-10(2)15(3)14/h10-13H,4-9H2,1-3H3. The Morgan fingerprint density at radius 2 is 2.20 bits per heavy atom. The van der Waals surface area contributed by atoms with Crippen LogP contribution in [0.1, 0.15) is 46.0 Å². The van der Waals surface area contributed by atoms with Crippen molar-refractivity contribution in [3.05, 3.63) is 0 Å². The topological polar surface area (TPSA) is 29.1 Å². The van der Waals surface area contributed by atoms with Crippen LogP contribution >= 0.6 is 0 Å². The van der Waals surface area contributed by atoms with Crippen molar-refractivity contribution in [2.24, 2.45) is 5.92 Å². The molecule has 1 rings (SSSR count). The Kier molecular flexibility index (Phi) is 5.83. The van der Waals surface area contributed by atoms with Gasteiger partial charge in [-0.2, -0.15) is 0 Å². The lowest BCUT2D eigenvalue weighted by Gasteiger charge is -2.29. The monoisotopic (exact) mass is 231 g/mol. The molecule has 1 fully saturated rings. The van der Waals surface area contributed by atoms with Gasteiger partial charge in [0.15, 0.2) is 0 Å². The van der Waals surface area contributed by atoms with Crippen LogP contribution in [0.4, 0.5) is 0 Å². The van der Waals surface area contributed by atoms with Crippen LogP contribution in [0.5, 0.6) is 0 Å². The molecule has 4 atom stereocenters. The molecule has 15 heavy (non-hydrogen) atoms. The highest BCUT2D eigenvalue weighted by Crippen LogP contribution is 2.26. The van der Waals surface area contributed by atoms with E-state index in [4.69, 9.17) is 0 Å². The number of rotatable bonds is 5. The van der Waals surface area contributed by atoms with Crippen LogP contribution in [0.15, 0.2) is 0 Å². The molecule has 1 aliphatic carbocycles. The molecule has 0 radical (unpaired) electrons. The lowest BCUT2D eigenvalue weighted by molar-refractivity contribution is 0.280. The minimum Gasteiger partial charge on any atom is -0.313 e. The third-order valence-corrected chi connectivity index (χ3v) is 4.92. The van der Waals surface area contributed by atoms with Crippen LogP contribution in [-0.2, 0) is 10.8 Å². The first-order chi connectivity index (χ1) is 7.13. The average molecular weight is 231 g/mol. The van der Waals surface area contributed by atoms with Crippen LogP contribution in [-0.4, -0.2) is 28.3 Å². The quantitative estimate of drug-likeness (QED) is 0.787. The summed E-state index contributed by atoms with van der Waals surface area (Å²) in [5, 5.41) is 3.86. The van der Waals surface area contributed by atoms with Crippen LogP contribution in [0.25, 0.3) is 0 Å². The molecule has 1 N–H and O–H groups in total. The number of nitrogens with one attached hydrogen (secondary N) is 1. The molecule has 0 saturated heterocycles. The van der Waals surface area contributed by atoms with Gasteiger partial charge in [0.1, 0.15) is 0 Å². The van der Waals surface area contributed by atoms with Gasteiger partial charge in [0.2, 0.25) is 0 Å². The largest absolute Gasteiger partial charge is 0.313 e. The second-order valence-corrected chi connectivity index (χ2v) is 6.66. The Morgan fingerprint density at radius 3 is 2.80 bits per heavy atom. The highest BCUT2D eigenvalue weighted by Gasteiger charge is 2.20. The summed E-state index contributed by atoms with van der Waals surface area (Å²) in [7, 11) is -0.688. The van der Waals surface area contributed by atoms with E-state index in [0.29, 0.717) is 6.04 Å². The SMILES string of the molecule is CCC1CCCC(NCC(C)S(C)=O)C1. The zero-order chi connectivity index (χ0) is 11.3. The van der Waals surface area contributed by atoms with E-state index < -0.39 is 10.8 Å².